The molecule has 6 nitrogen and oxygen atoms in total. The molecule has 1 fully saturated rings. The van der Waals surface area contributed by atoms with Crippen molar-refractivity contribution in [1.82, 2.24) is 5.43 Å². The normalized spacial score (nSPS) is 20.8. The molecule has 1 aliphatic rings. The van der Waals surface area contributed by atoms with Gasteiger partial charge in [-0.25, -0.2) is 8.42 Å². The molecule has 20 heavy (non-hydrogen) atoms. The molecule has 0 bridgehead atoms. The van der Waals surface area contributed by atoms with Gasteiger partial charge in [0, 0.05) is 38.4 Å². The fourth-order valence-electron chi connectivity index (χ4n) is 2.75. The highest BCUT2D eigenvalue weighted by Crippen LogP contribution is 2.31. The van der Waals surface area contributed by atoms with Crippen LogP contribution in [-0.4, -0.2) is 51.4 Å². The Balaban J connectivity index is 2.61. The molecule has 0 spiro atoms. The molecule has 0 radical (unpaired) electrons. The van der Waals surface area contributed by atoms with Crippen molar-refractivity contribution in [3.05, 3.63) is 0 Å². The van der Waals surface area contributed by atoms with Gasteiger partial charge >= 0.3 is 0 Å². The van der Waals surface area contributed by atoms with Crippen LogP contribution in [0.2, 0.25) is 0 Å². The largest absolute Gasteiger partial charge is 0.381 e. The summed E-state index contributed by atoms with van der Waals surface area (Å²) in [5.41, 5.74) is 2.49. The highest BCUT2D eigenvalue weighted by atomic mass is 32.2. The monoisotopic (exact) mass is 308 g/mol. The lowest BCUT2D eigenvalue weighted by molar-refractivity contribution is -0.128. The maximum absolute atomic E-state index is 11.5. The van der Waals surface area contributed by atoms with Gasteiger partial charge < -0.3 is 9.47 Å². The van der Waals surface area contributed by atoms with E-state index in [0.29, 0.717) is 32.7 Å². The van der Waals surface area contributed by atoms with Crippen LogP contribution in [0.25, 0.3) is 0 Å². The van der Waals surface area contributed by atoms with Gasteiger partial charge in [0.05, 0.1) is 17.4 Å². The molecule has 120 valence electrons. The quantitative estimate of drug-likeness (QED) is 0.479. The van der Waals surface area contributed by atoms with Crippen LogP contribution in [-0.2, 0) is 19.3 Å². The van der Waals surface area contributed by atoms with Crippen LogP contribution in [0.15, 0.2) is 0 Å². The van der Waals surface area contributed by atoms with Crippen molar-refractivity contribution in [2.75, 3.05) is 31.3 Å². The SMILES string of the molecule is CCOC1(C(CCCS(=O)(=O)CC)NN)CCOCC1. The summed E-state index contributed by atoms with van der Waals surface area (Å²) >= 11 is 0. The van der Waals surface area contributed by atoms with Crippen LogP contribution in [0.4, 0.5) is 0 Å². The van der Waals surface area contributed by atoms with Crippen molar-refractivity contribution in [3.8, 4) is 0 Å². The lowest BCUT2D eigenvalue weighted by Crippen LogP contribution is -2.57. The van der Waals surface area contributed by atoms with Crippen molar-refractivity contribution < 1.29 is 17.9 Å². The average molecular weight is 308 g/mol. The minimum Gasteiger partial charge on any atom is -0.381 e. The van der Waals surface area contributed by atoms with E-state index >= 15 is 0 Å². The summed E-state index contributed by atoms with van der Waals surface area (Å²) in [5, 5.41) is 0. The van der Waals surface area contributed by atoms with Gasteiger partial charge in [0.15, 0.2) is 0 Å². The molecule has 0 aromatic heterocycles. The van der Waals surface area contributed by atoms with Crippen LogP contribution in [0.1, 0.15) is 39.5 Å². The van der Waals surface area contributed by atoms with Crippen molar-refractivity contribution in [1.29, 1.82) is 0 Å². The minimum absolute atomic E-state index is 0.0431. The Bertz CT molecular complexity index is 361. The van der Waals surface area contributed by atoms with Gasteiger partial charge in [0.2, 0.25) is 0 Å². The first-order valence-electron chi connectivity index (χ1n) is 7.38. The first-order chi connectivity index (χ1) is 9.49. The number of hydrazine groups is 1. The molecule has 1 unspecified atom stereocenters. The minimum atomic E-state index is -2.92. The predicted octanol–water partition coefficient (Wildman–Crippen LogP) is 0.619. The highest BCUT2D eigenvalue weighted by Gasteiger charge is 2.40. The number of nitrogens with one attached hydrogen (secondary N) is 1. The van der Waals surface area contributed by atoms with E-state index in [2.05, 4.69) is 5.43 Å². The summed E-state index contributed by atoms with van der Waals surface area (Å²) in [6, 6.07) is -0.0431. The molecular weight excluding hydrogens is 280 g/mol. The Hall–Kier alpha value is -0.210. The Morgan fingerprint density at radius 2 is 2.00 bits per heavy atom. The molecule has 1 aliphatic heterocycles. The van der Waals surface area contributed by atoms with Crippen LogP contribution in [0.3, 0.4) is 0 Å². The van der Waals surface area contributed by atoms with Gasteiger partial charge in [0.1, 0.15) is 9.84 Å². The zero-order valence-electron chi connectivity index (χ0n) is 12.6. The third-order valence-electron chi connectivity index (χ3n) is 4.00. The standard InChI is InChI=1S/C13H28N2O4S/c1-3-19-13(7-9-18-10-8-13)12(15-14)6-5-11-20(16,17)4-2/h12,15H,3-11,14H2,1-2H3. The molecule has 0 amide bonds. The lowest BCUT2D eigenvalue weighted by Gasteiger charge is -2.42. The maximum atomic E-state index is 11.5. The van der Waals surface area contributed by atoms with Crippen molar-refractivity contribution in [2.24, 2.45) is 5.84 Å². The fraction of sp³-hybridized carbons (Fsp3) is 1.00. The molecule has 7 heteroatoms. The van der Waals surface area contributed by atoms with Crippen molar-refractivity contribution >= 4 is 9.84 Å². The second-order valence-electron chi connectivity index (χ2n) is 5.21. The summed E-state index contributed by atoms with van der Waals surface area (Å²) in [5.74, 6) is 6.08. The van der Waals surface area contributed by atoms with E-state index in [9.17, 15) is 8.42 Å². The molecule has 0 aromatic carbocycles. The van der Waals surface area contributed by atoms with Gasteiger partial charge in [-0.2, -0.15) is 0 Å². The molecule has 1 saturated heterocycles. The van der Waals surface area contributed by atoms with Crippen LogP contribution >= 0.6 is 0 Å². The molecule has 1 atom stereocenters. The first kappa shape index (κ1) is 17.8. The second kappa shape index (κ2) is 8.29. The van der Waals surface area contributed by atoms with E-state index in [1.807, 2.05) is 6.92 Å². The zero-order chi connectivity index (χ0) is 15.1. The summed E-state index contributed by atoms with van der Waals surface area (Å²) < 4.78 is 34.5. The van der Waals surface area contributed by atoms with E-state index in [0.717, 1.165) is 12.8 Å². The lowest BCUT2D eigenvalue weighted by atomic mass is 9.84. The van der Waals surface area contributed by atoms with Crippen LogP contribution < -0.4 is 11.3 Å². The van der Waals surface area contributed by atoms with E-state index in [4.69, 9.17) is 15.3 Å². The summed E-state index contributed by atoms with van der Waals surface area (Å²) in [4.78, 5) is 0. The number of sulfone groups is 1. The first-order valence-corrected chi connectivity index (χ1v) is 9.20. The zero-order valence-corrected chi connectivity index (χ0v) is 13.4. The maximum Gasteiger partial charge on any atom is 0.150 e. The van der Waals surface area contributed by atoms with Crippen molar-refractivity contribution in [2.45, 2.75) is 51.2 Å². The van der Waals surface area contributed by atoms with Gasteiger partial charge in [-0.1, -0.05) is 6.92 Å². The number of hydrogen-bond donors (Lipinski definition) is 2. The third kappa shape index (κ3) is 4.96. The number of ether oxygens (including phenoxy) is 2. The second-order valence-corrected chi connectivity index (χ2v) is 7.68. The molecular formula is C13H28N2O4S. The van der Waals surface area contributed by atoms with Gasteiger partial charge in [-0.3, -0.25) is 11.3 Å². The Labute approximate surface area is 122 Å². The van der Waals surface area contributed by atoms with Crippen molar-refractivity contribution in [3.63, 3.8) is 0 Å². The Morgan fingerprint density at radius 3 is 2.50 bits per heavy atom. The third-order valence-corrected chi connectivity index (χ3v) is 5.79. The van der Waals surface area contributed by atoms with E-state index in [1.165, 1.54) is 0 Å². The molecule has 3 N–H and O–H groups in total. The van der Waals surface area contributed by atoms with Gasteiger partial charge in [-0.15, -0.1) is 0 Å². The topological polar surface area (TPSA) is 90.7 Å². The molecule has 1 rings (SSSR count). The number of nitrogens with two attached hydrogens (primary N) is 1. The predicted molar refractivity (Wildman–Crippen MR) is 79.1 cm³/mol. The van der Waals surface area contributed by atoms with Crippen LogP contribution in [0, 0.1) is 0 Å². The highest BCUT2D eigenvalue weighted by molar-refractivity contribution is 7.91. The van der Waals surface area contributed by atoms with Crippen LogP contribution in [0.5, 0.6) is 0 Å². The fourth-order valence-corrected chi connectivity index (χ4v) is 3.64. The summed E-state index contributed by atoms with van der Waals surface area (Å²) in [7, 11) is -2.92. The summed E-state index contributed by atoms with van der Waals surface area (Å²) in [6.45, 7) is 5.57. The van der Waals surface area contributed by atoms with Gasteiger partial charge in [0.25, 0.3) is 0 Å². The van der Waals surface area contributed by atoms with Gasteiger partial charge in [-0.05, 0) is 19.8 Å². The molecule has 1 heterocycles. The van der Waals surface area contributed by atoms with E-state index in [-0.39, 0.29) is 23.1 Å². The number of hydrogen-bond acceptors (Lipinski definition) is 6. The molecule has 0 saturated carbocycles. The number of rotatable bonds is 9. The molecule has 0 aliphatic carbocycles. The van der Waals surface area contributed by atoms with E-state index in [1.54, 1.807) is 6.92 Å². The smallest absolute Gasteiger partial charge is 0.150 e. The Kier molecular flexibility index (Phi) is 7.39. The van der Waals surface area contributed by atoms with E-state index < -0.39 is 9.84 Å². The summed E-state index contributed by atoms with van der Waals surface area (Å²) in [6.07, 6.45) is 2.86. The average Bonchev–Trinajstić information content (AvgIpc) is 2.45. The Morgan fingerprint density at radius 1 is 1.35 bits per heavy atom. The molecule has 0 aromatic rings.